The Labute approximate surface area is 128 Å². The second-order valence-electron chi connectivity index (χ2n) is 6.62. The molecule has 0 bridgehead atoms. The Morgan fingerprint density at radius 1 is 1.19 bits per heavy atom. The minimum atomic E-state index is -3.56. The fraction of sp³-hybridized carbons (Fsp3) is 0.625. The molecule has 0 unspecified atom stereocenters. The van der Waals surface area contributed by atoms with Crippen molar-refractivity contribution >= 4 is 15.7 Å². The van der Waals surface area contributed by atoms with Gasteiger partial charge >= 0.3 is 0 Å². The number of hydrogen-bond acceptors (Lipinski definition) is 3. The SMILES string of the molecule is Cc1ccc(N)c(S(=O)(=O)NCC2(C)CCCCC2)c1C. The van der Waals surface area contributed by atoms with Crippen LogP contribution in [0.15, 0.2) is 17.0 Å². The molecule has 1 fully saturated rings. The maximum absolute atomic E-state index is 12.6. The van der Waals surface area contributed by atoms with Crippen molar-refractivity contribution in [1.29, 1.82) is 0 Å². The van der Waals surface area contributed by atoms with E-state index >= 15 is 0 Å². The third-order valence-corrected chi connectivity index (χ3v) is 6.33. The lowest BCUT2D eigenvalue weighted by atomic mass is 9.76. The first kappa shape index (κ1) is 16.3. The molecule has 0 aliphatic heterocycles. The van der Waals surface area contributed by atoms with Gasteiger partial charge in [0.25, 0.3) is 0 Å². The van der Waals surface area contributed by atoms with Gasteiger partial charge in [-0.2, -0.15) is 0 Å². The van der Waals surface area contributed by atoms with E-state index < -0.39 is 10.0 Å². The van der Waals surface area contributed by atoms with Gasteiger partial charge in [0, 0.05) is 6.54 Å². The van der Waals surface area contributed by atoms with E-state index in [-0.39, 0.29) is 10.3 Å². The van der Waals surface area contributed by atoms with Crippen LogP contribution >= 0.6 is 0 Å². The largest absolute Gasteiger partial charge is 0.398 e. The monoisotopic (exact) mass is 310 g/mol. The number of aryl methyl sites for hydroxylation is 1. The van der Waals surface area contributed by atoms with Gasteiger partial charge in [0.15, 0.2) is 0 Å². The smallest absolute Gasteiger partial charge is 0.242 e. The number of nitrogen functional groups attached to an aromatic ring is 1. The normalized spacial score (nSPS) is 18.6. The van der Waals surface area contributed by atoms with Gasteiger partial charge in [0.1, 0.15) is 4.90 Å². The van der Waals surface area contributed by atoms with E-state index in [1.165, 1.54) is 19.3 Å². The quantitative estimate of drug-likeness (QED) is 0.839. The summed E-state index contributed by atoms with van der Waals surface area (Å²) in [5.41, 5.74) is 7.96. The highest BCUT2D eigenvalue weighted by molar-refractivity contribution is 7.89. The summed E-state index contributed by atoms with van der Waals surface area (Å²) >= 11 is 0. The Kier molecular flexibility index (Phi) is 4.63. The first-order valence-corrected chi connectivity index (χ1v) is 9.09. The van der Waals surface area contributed by atoms with Crippen molar-refractivity contribution in [1.82, 2.24) is 4.72 Å². The summed E-state index contributed by atoms with van der Waals surface area (Å²) in [7, 11) is -3.56. The number of benzene rings is 1. The lowest BCUT2D eigenvalue weighted by molar-refractivity contribution is 0.219. The van der Waals surface area contributed by atoms with Crippen LogP contribution in [-0.2, 0) is 10.0 Å². The zero-order valence-electron chi connectivity index (χ0n) is 13.2. The fourth-order valence-electron chi connectivity index (χ4n) is 3.09. The Morgan fingerprint density at radius 3 is 2.43 bits per heavy atom. The number of rotatable bonds is 4. The van der Waals surface area contributed by atoms with Crippen LogP contribution in [0.25, 0.3) is 0 Å². The summed E-state index contributed by atoms with van der Waals surface area (Å²) in [6.45, 7) is 6.36. The first-order chi connectivity index (χ1) is 9.75. The molecule has 1 aliphatic carbocycles. The number of hydrogen-bond donors (Lipinski definition) is 2. The predicted octanol–water partition coefficient (Wildman–Crippen LogP) is 3.13. The summed E-state index contributed by atoms with van der Waals surface area (Å²) in [5, 5.41) is 0. The van der Waals surface area contributed by atoms with Gasteiger partial charge in [-0.15, -0.1) is 0 Å². The minimum Gasteiger partial charge on any atom is -0.398 e. The molecular formula is C16H26N2O2S. The van der Waals surface area contributed by atoms with Crippen LogP contribution in [0, 0.1) is 19.3 Å². The number of nitrogens with one attached hydrogen (secondary N) is 1. The number of nitrogens with two attached hydrogens (primary N) is 1. The Bertz CT molecular complexity index is 617. The van der Waals surface area contributed by atoms with Gasteiger partial charge in [0.05, 0.1) is 5.69 Å². The molecule has 1 saturated carbocycles. The van der Waals surface area contributed by atoms with Gasteiger partial charge in [-0.25, -0.2) is 13.1 Å². The van der Waals surface area contributed by atoms with Crippen molar-refractivity contribution in [3.63, 3.8) is 0 Å². The maximum Gasteiger partial charge on any atom is 0.242 e. The minimum absolute atomic E-state index is 0.0673. The van der Waals surface area contributed by atoms with E-state index in [1.807, 2.05) is 19.9 Å². The molecule has 5 heteroatoms. The van der Waals surface area contributed by atoms with Crippen molar-refractivity contribution < 1.29 is 8.42 Å². The number of sulfonamides is 1. The van der Waals surface area contributed by atoms with Crippen molar-refractivity contribution in [2.45, 2.75) is 57.8 Å². The van der Waals surface area contributed by atoms with Crippen LogP contribution in [0.2, 0.25) is 0 Å². The fourth-order valence-corrected chi connectivity index (χ4v) is 4.72. The molecule has 21 heavy (non-hydrogen) atoms. The van der Waals surface area contributed by atoms with Crippen LogP contribution < -0.4 is 10.5 Å². The molecule has 0 heterocycles. The molecule has 0 amide bonds. The van der Waals surface area contributed by atoms with E-state index in [9.17, 15) is 8.42 Å². The number of anilines is 1. The average Bonchev–Trinajstić information content (AvgIpc) is 2.42. The van der Waals surface area contributed by atoms with Gasteiger partial charge in [0.2, 0.25) is 10.0 Å². The standard InChI is InChI=1S/C16H26N2O2S/c1-12-7-8-14(17)15(13(12)2)21(19,20)18-11-16(3)9-5-4-6-10-16/h7-8,18H,4-6,9-11,17H2,1-3H3. The Morgan fingerprint density at radius 2 is 1.81 bits per heavy atom. The highest BCUT2D eigenvalue weighted by Gasteiger charge is 2.30. The van der Waals surface area contributed by atoms with Crippen LogP contribution in [0.3, 0.4) is 0 Å². The van der Waals surface area contributed by atoms with Gasteiger partial charge < -0.3 is 5.73 Å². The summed E-state index contributed by atoms with van der Waals surface area (Å²) in [6, 6.07) is 3.52. The van der Waals surface area contributed by atoms with E-state index in [1.54, 1.807) is 6.07 Å². The summed E-state index contributed by atoms with van der Waals surface area (Å²) in [5.74, 6) is 0. The lowest BCUT2D eigenvalue weighted by Crippen LogP contribution is -2.37. The summed E-state index contributed by atoms with van der Waals surface area (Å²) in [4.78, 5) is 0.238. The lowest BCUT2D eigenvalue weighted by Gasteiger charge is -2.33. The Hall–Kier alpha value is -1.07. The second kappa shape index (κ2) is 5.97. The predicted molar refractivity (Wildman–Crippen MR) is 86.7 cm³/mol. The highest BCUT2D eigenvalue weighted by Crippen LogP contribution is 2.35. The topological polar surface area (TPSA) is 72.2 Å². The molecule has 0 atom stereocenters. The highest BCUT2D eigenvalue weighted by atomic mass is 32.2. The van der Waals surface area contributed by atoms with Crippen molar-refractivity contribution in [2.75, 3.05) is 12.3 Å². The van der Waals surface area contributed by atoms with E-state index in [2.05, 4.69) is 11.6 Å². The molecule has 0 aromatic heterocycles. The molecule has 0 spiro atoms. The van der Waals surface area contributed by atoms with E-state index in [0.29, 0.717) is 12.2 Å². The summed E-state index contributed by atoms with van der Waals surface area (Å²) in [6.07, 6.45) is 5.79. The van der Waals surface area contributed by atoms with Gasteiger partial charge in [-0.3, -0.25) is 0 Å². The van der Waals surface area contributed by atoms with Crippen LogP contribution in [0.1, 0.15) is 50.2 Å². The molecule has 1 aromatic rings. The van der Waals surface area contributed by atoms with E-state index in [4.69, 9.17) is 5.73 Å². The molecular weight excluding hydrogens is 284 g/mol. The molecule has 0 saturated heterocycles. The van der Waals surface area contributed by atoms with Crippen molar-refractivity contribution in [2.24, 2.45) is 5.41 Å². The van der Waals surface area contributed by atoms with Crippen molar-refractivity contribution in [3.05, 3.63) is 23.3 Å². The van der Waals surface area contributed by atoms with Gasteiger partial charge in [-0.1, -0.05) is 32.3 Å². The first-order valence-electron chi connectivity index (χ1n) is 7.61. The third kappa shape index (κ3) is 3.58. The third-order valence-electron chi connectivity index (χ3n) is 4.73. The molecule has 1 aromatic carbocycles. The zero-order valence-corrected chi connectivity index (χ0v) is 14.0. The molecule has 2 rings (SSSR count). The van der Waals surface area contributed by atoms with Crippen LogP contribution in [-0.4, -0.2) is 15.0 Å². The molecule has 1 aliphatic rings. The average molecular weight is 310 g/mol. The maximum atomic E-state index is 12.6. The van der Waals surface area contributed by atoms with Gasteiger partial charge in [-0.05, 0) is 49.3 Å². The molecule has 0 radical (unpaired) electrons. The van der Waals surface area contributed by atoms with E-state index in [0.717, 1.165) is 24.0 Å². The second-order valence-corrected chi connectivity index (χ2v) is 8.33. The Balaban J connectivity index is 2.21. The van der Waals surface area contributed by atoms with Crippen LogP contribution in [0.5, 0.6) is 0 Å². The van der Waals surface area contributed by atoms with Crippen LogP contribution in [0.4, 0.5) is 5.69 Å². The molecule has 3 N–H and O–H groups in total. The van der Waals surface area contributed by atoms with Crippen molar-refractivity contribution in [3.8, 4) is 0 Å². The molecule has 118 valence electrons. The summed E-state index contributed by atoms with van der Waals surface area (Å²) < 4.78 is 28.0. The molecule has 4 nitrogen and oxygen atoms in total. The zero-order chi connectivity index (χ0) is 15.7.